The minimum Gasteiger partial charge on any atom is -0.320 e. The molecule has 21 heavy (non-hydrogen) atoms. The molecule has 0 aliphatic heterocycles. The molecular formula is C15H20ClN3OS. The predicted octanol–water partition coefficient (Wildman–Crippen LogP) is 3.20. The first kappa shape index (κ1) is 17.6. The number of amides is 1. The molecule has 0 fully saturated rings. The van der Waals surface area contributed by atoms with Crippen LogP contribution in [-0.4, -0.2) is 16.9 Å². The summed E-state index contributed by atoms with van der Waals surface area (Å²) in [4.78, 5) is 16.4. The Morgan fingerprint density at radius 3 is 2.57 bits per heavy atom. The molecule has 0 spiro atoms. The van der Waals surface area contributed by atoms with E-state index in [9.17, 15) is 4.79 Å². The van der Waals surface area contributed by atoms with Crippen LogP contribution in [-0.2, 0) is 11.2 Å². The van der Waals surface area contributed by atoms with Crippen molar-refractivity contribution >= 4 is 34.8 Å². The molecule has 4 nitrogen and oxygen atoms in total. The summed E-state index contributed by atoms with van der Waals surface area (Å²) in [7, 11) is 0. The van der Waals surface area contributed by atoms with E-state index in [0.29, 0.717) is 17.5 Å². The van der Waals surface area contributed by atoms with Crippen LogP contribution in [0.5, 0.6) is 0 Å². The molecule has 6 heteroatoms. The maximum Gasteiger partial charge on any atom is 0.243 e. The van der Waals surface area contributed by atoms with Gasteiger partial charge in [0.2, 0.25) is 5.91 Å². The van der Waals surface area contributed by atoms with Gasteiger partial charge >= 0.3 is 0 Å². The number of hydrogen-bond donors (Lipinski definition) is 2. The van der Waals surface area contributed by atoms with Crippen LogP contribution >= 0.6 is 23.7 Å². The highest BCUT2D eigenvalue weighted by molar-refractivity contribution is 7.13. The lowest BCUT2D eigenvalue weighted by molar-refractivity contribution is -0.117. The number of halogens is 1. The Labute approximate surface area is 135 Å². The normalized spacial score (nSPS) is 11.8. The van der Waals surface area contributed by atoms with Crippen molar-refractivity contribution in [3.8, 4) is 0 Å². The highest BCUT2D eigenvalue weighted by Crippen LogP contribution is 2.21. The molecular weight excluding hydrogens is 306 g/mol. The second kappa shape index (κ2) is 8.12. The molecule has 1 amide bonds. The Hall–Kier alpha value is -1.43. The van der Waals surface area contributed by atoms with Crippen molar-refractivity contribution in [3.05, 3.63) is 47.0 Å². The second-order valence-electron chi connectivity index (χ2n) is 5.02. The van der Waals surface area contributed by atoms with E-state index in [1.165, 1.54) is 11.3 Å². The molecule has 0 saturated heterocycles. The summed E-state index contributed by atoms with van der Waals surface area (Å²) in [5.41, 5.74) is 7.97. The van der Waals surface area contributed by atoms with Gasteiger partial charge in [-0.2, -0.15) is 0 Å². The molecule has 0 aliphatic rings. The third kappa shape index (κ3) is 5.12. The number of benzene rings is 1. The molecule has 114 valence electrons. The van der Waals surface area contributed by atoms with Gasteiger partial charge < -0.3 is 11.1 Å². The van der Waals surface area contributed by atoms with Crippen molar-refractivity contribution in [1.82, 2.24) is 4.98 Å². The number of aromatic nitrogens is 1. The average molecular weight is 326 g/mol. The van der Waals surface area contributed by atoms with Gasteiger partial charge in [0.05, 0.1) is 11.7 Å². The Morgan fingerprint density at radius 1 is 1.33 bits per heavy atom. The van der Waals surface area contributed by atoms with Crippen LogP contribution in [0.4, 0.5) is 5.13 Å². The van der Waals surface area contributed by atoms with Crippen LogP contribution in [0.25, 0.3) is 0 Å². The van der Waals surface area contributed by atoms with Gasteiger partial charge in [-0.05, 0) is 17.9 Å². The van der Waals surface area contributed by atoms with E-state index in [1.807, 2.05) is 35.7 Å². The molecule has 2 rings (SSSR count). The van der Waals surface area contributed by atoms with Crippen molar-refractivity contribution < 1.29 is 4.79 Å². The van der Waals surface area contributed by atoms with Crippen LogP contribution in [0.3, 0.4) is 0 Å². The zero-order valence-corrected chi connectivity index (χ0v) is 13.7. The fourth-order valence-corrected chi connectivity index (χ4v) is 2.64. The summed E-state index contributed by atoms with van der Waals surface area (Å²) in [5, 5.41) is 5.36. The van der Waals surface area contributed by atoms with Crippen molar-refractivity contribution in [2.24, 2.45) is 5.73 Å². The van der Waals surface area contributed by atoms with Gasteiger partial charge in [-0.1, -0.05) is 44.2 Å². The van der Waals surface area contributed by atoms with E-state index in [4.69, 9.17) is 5.73 Å². The predicted molar refractivity (Wildman–Crippen MR) is 90.2 cm³/mol. The molecule has 0 unspecified atom stereocenters. The molecule has 1 heterocycles. The van der Waals surface area contributed by atoms with Crippen molar-refractivity contribution in [1.29, 1.82) is 0 Å². The summed E-state index contributed by atoms with van der Waals surface area (Å²) in [6, 6.07) is 9.19. The fraction of sp³-hybridized carbons (Fsp3) is 0.333. The first-order valence-corrected chi connectivity index (χ1v) is 7.50. The van der Waals surface area contributed by atoms with Gasteiger partial charge in [0.1, 0.15) is 0 Å². The van der Waals surface area contributed by atoms with Crippen LogP contribution in [0.2, 0.25) is 0 Å². The van der Waals surface area contributed by atoms with E-state index in [2.05, 4.69) is 24.1 Å². The standard InChI is InChI=1S/C15H19N3OS.ClH/c1-10(2)13-9-20-15(17-13)18-14(19)12(16)8-11-6-4-3-5-7-11;/h3-7,9-10,12H,8,16H2,1-2H3,(H,17,18,19);1H/t12-;/m0./s1. The van der Waals surface area contributed by atoms with Gasteiger partial charge in [-0.15, -0.1) is 23.7 Å². The second-order valence-corrected chi connectivity index (χ2v) is 5.88. The van der Waals surface area contributed by atoms with Crippen LogP contribution in [0.15, 0.2) is 35.7 Å². The van der Waals surface area contributed by atoms with Gasteiger partial charge in [0.15, 0.2) is 5.13 Å². The number of hydrogen-bond acceptors (Lipinski definition) is 4. The summed E-state index contributed by atoms with van der Waals surface area (Å²) >= 11 is 1.43. The van der Waals surface area contributed by atoms with E-state index in [1.54, 1.807) is 0 Å². The molecule has 1 aromatic carbocycles. The topological polar surface area (TPSA) is 68.0 Å². The molecule has 0 bridgehead atoms. The highest BCUT2D eigenvalue weighted by atomic mass is 35.5. The number of nitrogens with zero attached hydrogens (tertiary/aromatic N) is 1. The summed E-state index contributed by atoms with van der Waals surface area (Å²) in [5.74, 6) is 0.161. The highest BCUT2D eigenvalue weighted by Gasteiger charge is 2.16. The molecule has 0 aliphatic carbocycles. The number of thiazole rings is 1. The van der Waals surface area contributed by atoms with Crippen LogP contribution < -0.4 is 11.1 Å². The van der Waals surface area contributed by atoms with Gasteiger partial charge in [0, 0.05) is 5.38 Å². The van der Waals surface area contributed by atoms with Crippen molar-refractivity contribution in [3.63, 3.8) is 0 Å². The summed E-state index contributed by atoms with van der Waals surface area (Å²) in [6.45, 7) is 4.14. The van der Waals surface area contributed by atoms with Crippen molar-refractivity contribution in [2.75, 3.05) is 5.32 Å². The lowest BCUT2D eigenvalue weighted by atomic mass is 10.1. The summed E-state index contributed by atoms with van der Waals surface area (Å²) < 4.78 is 0. The largest absolute Gasteiger partial charge is 0.320 e. The molecule has 2 aromatic rings. The fourth-order valence-electron chi connectivity index (χ4n) is 1.77. The zero-order chi connectivity index (χ0) is 14.5. The third-order valence-electron chi connectivity index (χ3n) is 2.98. The first-order chi connectivity index (χ1) is 9.56. The minimum atomic E-state index is -0.566. The number of nitrogens with one attached hydrogen (secondary N) is 1. The Balaban J connectivity index is 0.00000220. The smallest absolute Gasteiger partial charge is 0.243 e. The molecule has 0 radical (unpaired) electrons. The monoisotopic (exact) mass is 325 g/mol. The molecule has 1 aromatic heterocycles. The van der Waals surface area contributed by atoms with Gasteiger partial charge in [-0.3, -0.25) is 4.79 Å². The minimum absolute atomic E-state index is 0. The molecule has 3 N–H and O–H groups in total. The van der Waals surface area contributed by atoms with E-state index >= 15 is 0 Å². The number of nitrogens with two attached hydrogens (primary N) is 1. The van der Waals surface area contributed by atoms with Gasteiger partial charge in [0.25, 0.3) is 0 Å². The van der Waals surface area contributed by atoms with Crippen LogP contribution in [0.1, 0.15) is 31.0 Å². The van der Waals surface area contributed by atoms with Gasteiger partial charge in [-0.25, -0.2) is 4.98 Å². The number of anilines is 1. The lowest BCUT2D eigenvalue weighted by Crippen LogP contribution is -2.37. The average Bonchev–Trinajstić information content (AvgIpc) is 2.88. The number of rotatable bonds is 5. The quantitative estimate of drug-likeness (QED) is 0.887. The van der Waals surface area contributed by atoms with E-state index < -0.39 is 6.04 Å². The maximum absolute atomic E-state index is 12.0. The van der Waals surface area contributed by atoms with Crippen LogP contribution in [0, 0.1) is 0 Å². The first-order valence-electron chi connectivity index (χ1n) is 6.62. The SMILES string of the molecule is CC(C)c1csc(NC(=O)[C@@H](N)Cc2ccccc2)n1.Cl. The number of carbonyl (C=O) groups excluding carboxylic acids is 1. The molecule has 1 atom stereocenters. The van der Waals surface area contributed by atoms with Crippen molar-refractivity contribution in [2.45, 2.75) is 32.2 Å². The van der Waals surface area contributed by atoms with E-state index in [0.717, 1.165) is 11.3 Å². The molecule has 0 saturated carbocycles. The number of carbonyl (C=O) groups is 1. The maximum atomic E-state index is 12.0. The third-order valence-corrected chi connectivity index (χ3v) is 3.75. The lowest BCUT2D eigenvalue weighted by Gasteiger charge is -2.10. The Kier molecular flexibility index (Phi) is 6.81. The van der Waals surface area contributed by atoms with E-state index in [-0.39, 0.29) is 18.3 Å². The summed E-state index contributed by atoms with van der Waals surface area (Å²) in [6.07, 6.45) is 0.523. The zero-order valence-electron chi connectivity index (χ0n) is 12.1. The Morgan fingerprint density at radius 2 is 2.00 bits per heavy atom. The Bertz CT molecular complexity index is 571.